The van der Waals surface area contributed by atoms with Gasteiger partial charge in [0.2, 0.25) is 0 Å². The number of rotatable bonds is 4. The molecule has 0 aliphatic rings. The first-order chi connectivity index (χ1) is 8.58. The van der Waals surface area contributed by atoms with E-state index in [1.54, 1.807) is 6.07 Å². The van der Waals surface area contributed by atoms with Crippen LogP contribution in [-0.2, 0) is 6.42 Å². The van der Waals surface area contributed by atoms with Gasteiger partial charge in [-0.05, 0) is 28.5 Å². The highest BCUT2D eigenvalue weighted by Gasteiger charge is 2.12. The van der Waals surface area contributed by atoms with Gasteiger partial charge >= 0.3 is 0 Å². The van der Waals surface area contributed by atoms with Gasteiger partial charge in [0, 0.05) is 6.42 Å². The lowest BCUT2D eigenvalue weighted by atomic mass is 10.00. The second kappa shape index (κ2) is 5.68. The van der Waals surface area contributed by atoms with Crippen LogP contribution in [0.2, 0.25) is 5.02 Å². The largest absolute Gasteiger partial charge is 0.293 e. The van der Waals surface area contributed by atoms with E-state index in [-0.39, 0.29) is 5.78 Å². The molecule has 0 amide bonds. The van der Waals surface area contributed by atoms with Crippen molar-refractivity contribution in [2.45, 2.75) is 26.2 Å². The summed E-state index contributed by atoms with van der Waals surface area (Å²) in [6, 6.07) is 9.98. The Morgan fingerprint density at radius 3 is 2.39 bits per heavy atom. The molecule has 1 nitrogen and oxygen atoms in total. The molecule has 0 spiro atoms. The summed E-state index contributed by atoms with van der Waals surface area (Å²) in [5.41, 5.74) is 2.33. The molecule has 0 saturated heterocycles. The van der Waals surface area contributed by atoms with Crippen molar-refractivity contribution in [3.05, 3.63) is 56.7 Å². The van der Waals surface area contributed by atoms with Crippen molar-refractivity contribution in [2.75, 3.05) is 0 Å². The summed E-state index contributed by atoms with van der Waals surface area (Å²) in [6.45, 7) is 4.32. The zero-order chi connectivity index (χ0) is 13.1. The molecule has 0 N–H and O–H groups in total. The predicted molar refractivity (Wildman–Crippen MR) is 77.9 cm³/mol. The SMILES string of the molecule is CC(C)c1ccc(CC(=O)c2sccc2Cl)cc1. The lowest BCUT2D eigenvalue weighted by Crippen LogP contribution is -2.02. The Bertz CT molecular complexity index is 540. The quantitative estimate of drug-likeness (QED) is 0.723. The Hall–Kier alpha value is -1.12. The van der Waals surface area contributed by atoms with Crippen LogP contribution in [0.3, 0.4) is 0 Å². The van der Waals surface area contributed by atoms with E-state index in [4.69, 9.17) is 11.6 Å². The molecule has 1 aromatic carbocycles. The molecule has 0 saturated carbocycles. The molecule has 94 valence electrons. The number of hydrogen-bond acceptors (Lipinski definition) is 2. The zero-order valence-electron chi connectivity index (χ0n) is 10.4. The third-order valence-electron chi connectivity index (χ3n) is 2.88. The van der Waals surface area contributed by atoms with Gasteiger partial charge in [0.15, 0.2) is 5.78 Å². The monoisotopic (exact) mass is 278 g/mol. The number of Topliss-reactive ketones (excluding diaryl/α,β-unsaturated/α-hetero) is 1. The summed E-state index contributed by atoms with van der Waals surface area (Å²) in [5, 5.41) is 2.40. The predicted octanol–water partition coefficient (Wildman–Crippen LogP) is 4.95. The third-order valence-corrected chi connectivity index (χ3v) is 4.26. The summed E-state index contributed by atoms with van der Waals surface area (Å²) < 4.78 is 0. The average Bonchev–Trinajstić information content (AvgIpc) is 2.76. The molecule has 0 fully saturated rings. The third kappa shape index (κ3) is 3.01. The molecule has 1 aromatic heterocycles. The fourth-order valence-corrected chi connectivity index (χ4v) is 2.88. The van der Waals surface area contributed by atoms with E-state index in [0.717, 1.165) is 5.56 Å². The Kier molecular flexibility index (Phi) is 4.20. The highest BCUT2D eigenvalue weighted by molar-refractivity contribution is 7.12. The van der Waals surface area contributed by atoms with Gasteiger partial charge in [-0.25, -0.2) is 0 Å². The van der Waals surface area contributed by atoms with Gasteiger partial charge in [-0.2, -0.15) is 0 Å². The molecule has 0 aliphatic heterocycles. The molecule has 0 bridgehead atoms. The molecular weight excluding hydrogens is 264 g/mol. The number of carbonyl (C=O) groups is 1. The molecule has 0 atom stereocenters. The van der Waals surface area contributed by atoms with Crippen LogP contribution >= 0.6 is 22.9 Å². The van der Waals surface area contributed by atoms with Gasteiger partial charge < -0.3 is 0 Å². The van der Waals surface area contributed by atoms with Crippen LogP contribution in [0.1, 0.15) is 40.6 Å². The fourth-order valence-electron chi connectivity index (χ4n) is 1.78. The van der Waals surface area contributed by atoms with E-state index >= 15 is 0 Å². The van der Waals surface area contributed by atoms with E-state index in [9.17, 15) is 4.79 Å². The summed E-state index contributed by atoms with van der Waals surface area (Å²) in [7, 11) is 0. The number of thiophene rings is 1. The van der Waals surface area contributed by atoms with Gasteiger partial charge in [0.25, 0.3) is 0 Å². The van der Waals surface area contributed by atoms with Crippen LogP contribution in [-0.4, -0.2) is 5.78 Å². The van der Waals surface area contributed by atoms with Crippen LogP contribution in [0.25, 0.3) is 0 Å². The minimum Gasteiger partial charge on any atom is -0.293 e. The first-order valence-electron chi connectivity index (χ1n) is 5.93. The molecule has 0 aliphatic carbocycles. The van der Waals surface area contributed by atoms with Crippen LogP contribution in [0, 0.1) is 0 Å². The van der Waals surface area contributed by atoms with Crippen LogP contribution in [0.4, 0.5) is 0 Å². The Morgan fingerprint density at radius 2 is 1.89 bits per heavy atom. The molecule has 3 heteroatoms. The number of benzene rings is 1. The molecular formula is C15H15ClOS. The van der Waals surface area contributed by atoms with E-state index in [2.05, 4.69) is 26.0 Å². The highest BCUT2D eigenvalue weighted by Crippen LogP contribution is 2.24. The standard InChI is InChI=1S/C15H15ClOS/c1-10(2)12-5-3-11(4-6-12)9-14(17)15-13(16)7-8-18-15/h3-8,10H,9H2,1-2H3. The summed E-state index contributed by atoms with van der Waals surface area (Å²) >= 11 is 7.36. The summed E-state index contributed by atoms with van der Waals surface area (Å²) in [6.07, 6.45) is 0.415. The Morgan fingerprint density at radius 1 is 1.22 bits per heavy atom. The smallest absolute Gasteiger partial charge is 0.178 e. The van der Waals surface area contributed by atoms with Crippen LogP contribution < -0.4 is 0 Å². The van der Waals surface area contributed by atoms with Gasteiger partial charge in [-0.15, -0.1) is 11.3 Å². The number of ketones is 1. The molecule has 2 aromatic rings. The molecule has 0 radical (unpaired) electrons. The van der Waals surface area contributed by atoms with Crippen molar-refractivity contribution in [3.8, 4) is 0 Å². The zero-order valence-corrected chi connectivity index (χ0v) is 12.0. The number of hydrogen-bond donors (Lipinski definition) is 0. The molecule has 0 unspecified atom stereocenters. The molecule has 18 heavy (non-hydrogen) atoms. The van der Waals surface area contributed by atoms with Crippen molar-refractivity contribution in [3.63, 3.8) is 0 Å². The Balaban J connectivity index is 2.10. The van der Waals surface area contributed by atoms with Crippen molar-refractivity contribution in [2.24, 2.45) is 0 Å². The summed E-state index contributed by atoms with van der Waals surface area (Å²) in [4.78, 5) is 12.7. The second-order valence-electron chi connectivity index (χ2n) is 4.59. The van der Waals surface area contributed by atoms with Crippen LogP contribution in [0.15, 0.2) is 35.7 Å². The first kappa shape index (κ1) is 13.3. The lowest BCUT2D eigenvalue weighted by molar-refractivity contribution is 0.0997. The van der Waals surface area contributed by atoms with Crippen molar-refractivity contribution in [1.82, 2.24) is 0 Å². The maximum Gasteiger partial charge on any atom is 0.178 e. The number of halogens is 1. The Labute approximate surface area is 116 Å². The van der Waals surface area contributed by atoms with Gasteiger partial charge in [-0.1, -0.05) is 49.7 Å². The van der Waals surface area contributed by atoms with E-state index < -0.39 is 0 Å². The van der Waals surface area contributed by atoms with Crippen molar-refractivity contribution >= 4 is 28.7 Å². The maximum absolute atomic E-state index is 12.0. The minimum atomic E-state index is 0.0901. The van der Waals surface area contributed by atoms with Gasteiger partial charge in [0.05, 0.1) is 9.90 Å². The van der Waals surface area contributed by atoms with Gasteiger partial charge in [-0.3, -0.25) is 4.79 Å². The van der Waals surface area contributed by atoms with E-state index in [0.29, 0.717) is 22.2 Å². The van der Waals surface area contributed by atoms with Gasteiger partial charge in [0.1, 0.15) is 0 Å². The molecule has 1 heterocycles. The van der Waals surface area contributed by atoms with Crippen molar-refractivity contribution < 1.29 is 4.79 Å². The normalized spacial score (nSPS) is 10.9. The minimum absolute atomic E-state index is 0.0901. The highest BCUT2D eigenvalue weighted by atomic mass is 35.5. The van der Waals surface area contributed by atoms with E-state index in [1.165, 1.54) is 16.9 Å². The van der Waals surface area contributed by atoms with Crippen molar-refractivity contribution in [1.29, 1.82) is 0 Å². The number of carbonyl (C=O) groups excluding carboxylic acids is 1. The molecule has 2 rings (SSSR count). The average molecular weight is 279 g/mol. The topological polar surface area (TPSA) is 17.1 Å². The van der Waals surface area contributed by atoms with E-state index in [1.807, 2.05) is 17.5 Å². The summed E-state index contributed by atoms with van der Waals surface area (Å²) in [5.74, 6) is 0.605. The fraction of sp³-hybridized carbons (Fsp3) is 0.267. The second-order valence-corrected chi connectivity index (χ2v) is 5.92. The first-order valence-corrected chi connectivity index (χ1v) is 7.18. The lowest BCUT2D eigenvalue weighted by Gasteiger charge is -2.06. The maximum atomic E-state index is 12.0. The van der Waals surface area contributed by atoms with Crippen LogP contribution in [0.5, 0.6) is 0 Å².